The van der Waals surface area contributed by atoms with Crippen molar-refractivity contribution in [3.63, 3.8) is 0 Å². The molecule has 102 valence electrons. The number of carbonyl (C=O) groups excluding carboxylic acids is 1. The van der Waals surface area contributed by atoms with Gasteiger partial charge in [0.15, 0.2) is 0 Å². The number of carbonyl (C=O) groups is 1. The van der Waals surface area contributed by atoms with Crippen molar-refractivity contribution in [3.8, 4) is 5.88 Å². The van der Waals surface area contributed by atoms with E-state index in [4.69, 9.17) is 9.47 Å². The number of benzene rings is 1. The maximum Gasteiger partial charge on any atom is 0.435 e. The van der Waals surface area contributed by atoms with Gasteiger partial charge in [0.2, 0.25) is 5.88 Å². The first-order valence-electron chi connectivity index (χ1n) is 5.78. The lowest BCUT2D eigenvalue weighted by molar-refractivity contribution is 0.0520. The van der Waals surface area contributed by atoms with Gasteiger partial charge < -0.3 is 9.47 Å². The summed E-state index contributed by atoms with van der Waals surface area (Å²) in [7, 11) is 1.37. The van der Waals surface area contributed by atoms with Gasteiger partial charge in [-0.3, -0.25) is 0 Å². The molecule has 0 aliphatic carbocycles. The summed E-state index contributed by atoms with van der Waals surface area (Å²) in [5.41, 5.74) is -0.346. The van der Waals surface area contributed by atoms with Crippen LogP contribution in [0.5, 0.6) is 5.88 Å². The molecule has 0 aliphatic rings. The van der Waals surface area contributed by atoms with E-state index < -0.39 is 17.5 Å². The predicted octanol–water partition coefficient (Wildman–Crippen LogP) is 2.97. The maximum absolute atomic E-state index is 13.8. The van der Waals surface area contributed by atoms with Crippen molar-refractivity contribution in [1.82, 2.24) is 9.78 Å². The topological polar surface area (TPSA) is 53.4 Å². The minimum Gasteiger partial charge on any atom is -0.479 e. The van der Waals surface area contributed by atoms with Crippen LogP contribution in [-0.4, -0.2) is 28.6 Å². The molecular weight excluding hydrogens is 251 g/mol. The van der Waals surface area contributed by atoms with Crippen molar-refractivity contribution in [1.29, 1.82) is 0 Å². The Bertz CT molecular complexity index is 629. The summed E-state index contributed by atoms with van der Waals surface area (Å²) in [5, 5.41) is 4.10. The van der Waals surface area contributed by atoms with Crippen molar-refractivity contribution < 1.29 is 18.7 Å². The van der Waals surface area contributed by atoms with Crippen molar-refractivity contribution in [3.05, 3.63) is 24.0 Å². The average molecular weight is 266 g/mol. The number of nitrogens with zero attached hydrogens (tertiary/aromatic N) is 2. The molecule has 0 atom stereocenters. The van der Waals surface area contributed by atoms with E-state index >= 15 is 0 Å². The van der Waals surface area contributed by atoms with Crippen molar-refractivity contribution in [2.75, 3.05) is 7.11 Å². The molecule has 6 heteroatoms. The number of halogens is 1. The summed E-state index contributed by atoms with van der Waals surface area (Å²) in [6.45, 7) is 5.23. The van der Waals surface area contributed by atoms with Gasteiger partial charge in [0.25, 0.3) is 0 Å². The van der Waals surface area contributed by atoms with Gasteiger partial charge >= 0.3 is 6.09 Å². The standard InChI is InChI=1S/C13H15FN2O3/c1-13(2,3)19-12(17)16-9-7-5-6-8(14)10(9)11(15-16)18-4/h5-7H,1-4H3. The first-order chi connectivity index (χ1) is 8.83. The lowest BCUT2D eigenvalue weighted by Crippen LogP contribution is -2.27. The molecule has 1 heterocycles. The lowest BCUT2D eigenvalue weighted by Gasteiger charge is -2.19. The molecule has 0 spiro atoms. The minimum absolute atomic E-state index is 0.0546. The smallest absolute Gasteiger partial charge is 0.435 e. The van der Waals surface area contributed by atoms with E-state index in [1.54, 1.807) is 26.8 Å². The van der Waals surface area contributed by atoms with Gasteiger partial charge in [0.1, 0.15) is 11.4 Å². The van der Waals surface area contributed by atoms with Gasteiger partial charge in [-0.05, 0) is 32.9 Å². The lowest BCUT2D eigenvalue weighted by atomic mass is 10.2. The van der Waals surface area contributed by atoms with Gasteiger partial charge in [-0.1, -0.05) is 6.07 Å². The summed E-state index contributed by atoms with van der Waals surface area (Å²) in [6.07, 6.45) is -0.675. The fourth-order valence-electron chi connectivity index (χ4n) is 1.68. The van der Waals surface area contributed by atoms with Crippen molar-refractivity contribution >= 4 is 17.0 Å². The Kier molecular flexibility index (Phi) is 3.18. The quantitative estimate of drug-likeness (QED) is 0.796. The van der Waals surface area contributed by atoms with Crippen LogP contribution < -0.4 is 4.74 Å². The Morgan fingerprint density at radius 1 is 1.37 bits per heavy atom. The number of hydrogen-bond donors (Lipinski definition) is 0. The van der Waals surface area contributed by atoms with Crippen LogP contribution in [0.1, 0.15) is 20.8 Å². The molecule has 0 unspecified atom stereocenters. The van der Waals surface area contributed by atoms with E-state index in [2.05, 4.69) is 5.10 Å². The van der Waals surface area contributed by atoms with E-state index in [-0.39, 0.29) is 11.3 Å². The number of aromatic nitrogens is 2. The van der Waals surface area contributed by atoms with Crippen LogP contribution in [0, 0.1) is 5.82 Å². The van der Waals surface area contributed by atoms with Gasteiger partial charge in [-0.15, -0.1) is 5.10 Å². The number of methoxy groups -OCH3 is 1. The molecule has 1 aromatic carbocycles. The first-order valence-corrected chi connectivity index (χ1v) is 5.78. The molecule has 2 rings (SSSR count). The molecule has 0 bridgehead atoms. The second-order valence-electron chi connectivity index (χ2n) is 5.04. The monoisotopic (exact) mass is 266 g/mol. The highest BCUT2D eigenvalue weighted by Crippen LogP contribution is 2.27. The molecule has 0 N–H and O–H groups in total. The molecular formula is C13H15FN2O3. The normalized spacial score (nSPS) is 11.6. The zero-order chi connectivity index (χ0) is 14.2. The third kappa shape index (κ3) is 2.52. The average Bonchev–Trinajstić information content (AvgIpc) is 2.67. The second-order valence-corrected chi connectivity index (χ2v) is 5.04. The molecule has 0 saturated carbocycles. The number of fused-ring (bicyclic) bond motifs is 1. The molecule has 0 saturated heterocycles. The van der Waals surface area contributed by atoms with Crippen LogP contribution in [-0.2, 0) is 4.74 Å². The van der Waals surface area contributed by atoms with Gasteiger partial charge in [0, 0.05) is 0 Å². The third-order valence-electron chi connectivity index (χ3n) is 2.38. The molecule has 19 heavy (non-hydrogen) atoms. The first kappa shape index (κ1) is 13.3. The molecule has 0 aliphatic heterocycles. The Labute approximate surface area is 109 Å². The van der Waals surface area contributed by atoms with Crippen LogP contribution in [0.3, 0.4) is 0 Å². The minimum atomic E-state index is -0.675. The molecule has 5 nitrogen and oxygen atoms in total. The number of ether oxygens (including phenoxy) is 2. The van der Waals surface area contributed by atoms with Crippen LogP contribution in [0.25, 0.3) is 10.9 Å². The molecule has 1 aromatic heterocycles. The zero-order valence-corrected chi connectivity index (χ0v) is 11.2. The zero-order valence-electron chi connectivity index (χ0n) is 11.2. The summed E-state index contributed by atoms with van der Waals surface area (Å²) in [5.74, 6) is -0.442. The molecule has 0 amide bonds. The largest absolute Gasteiger partial charge is 0.479 e. The van der Waals surface area contributed by atoms with Crippen LogP contribution in [0.15, 0.2) is 18.2 Å². The van der Waals surface area contributed by atoms with E-state index in [0.717, 1.165) is 4.68 Å². The fourth-order valence-corrected chi connectivity index (χ4v) is 1.68. The van der Waals surface area contributed by atoms with Crippen LogP contribution >= 0.6 is 0 Å². The third-order valence-corrected chi connectivity index (χ3v) is 2.38. The van der Waals surface area contributed by atoms with Gasteiger partial charge in [-0.25, -0.2) is 9.18 Å². The van der Waals surface area contributed by atoms with E-state index in [0.29, 0.717) is 5.52 Å². The van der Waals surface area contributed by atoms with E-state index in [1.807, 2.05) is 0 Å². The van der Waals surface area contributed by atoms with Gasteiger partial charge in [0.05, 0.1) is 18.0 Å². The Morgan fingerprint density at radius 3 is 2.63 bits per heavy atom. The van der Waals surface area contributed by atoms with Gasteiger partial charge in [-0.2, -0.15) is 4.68 Å². The van der Waals surface area contributed by atoms with E-state index in [9.17, 15) is 9.18 Å². The summed E-state index contributed by atoms with van der Waals surface area (Å²) >= 11 is 0. The van der Waals surface area contributed by atoms with Crippen molar-refractivity contribution in [2.24, 2.45) is 0 Å². The molecule has 0 radical (unpaired) electrons. The van der Waals surface area contributed by atoms with Crippen LogP contribution in [0.4, 0.5) is 9.18 Å². The highest BCUT2D eigenvalue weighted by atomic mass is 19.1. The summed E-state index contributed by atoms with van der Waals surface area (Å²) < 4.78 is 25.0. The Morgan fingerprint density at radius 2 is 2.05 bits per heavy atom. The predicted molar refractivity (Wildman–Crippen MR) is 67.9 cm³/mol. The Hall–Kier alpha value is -2.11. The highest BCUT2D eigenvalue weighted by Gasteiger charge is 2.23. The second kappa shape index (κ2) is 4.53. The highest BCUT2D eigenvalue weighted by molar-refractivity contribution is 5.92. The molecule has 2 aromatic rings. The summed E-state index contributed by atoms with van der Waals surface area (Å²) in [4.78, 5) is 12.0. The number of rotatable bonds is 1. The Balaban J connectivity index is 2.56. The van der Waals surface area contributed by atoms with E-state index in [1.165, 1.54) is 19.2 Å². The number of hydrogen-bond acceptors (Lipinski definition) is 4. The van der Waals surface area contributed by atoms with Crippen molar-refractivity contribution in [2.45, 2.75) is 26.4 Å². The fraction of sp³-hybridized carbons (Fsp3) is 0.385. The van der Waals surface area contributed by atoms with Crippen LogP contribution in [0.2, 0.25) is 0 Å². The SMILES string of the molecule is COc1nn(C(=O)OC(C)(C)C)c2cccc(F)c12. The maximum atomic E-state index is 13.8. The summed E-state index contributed by atoms with van der Waals surface area (Å²) in [6, 6.07) is 4.36. The molecule has 0 fully saturated rings.